The van der Waals surface area contributed by atoms with Crippen LogP contribution in [0.3, 0.4) is 0 Å². The molecule has 2 aliphatic rings. The summed E-state index contributed by atoms with van der Waals surface area (Å²) in [7, 11) is 1.85. The molecule has 3 heterocycles. The van der Waals surface area contributed by atoms with Gasteiger partial charge in [0.15, 0.2) is 0 Å². The smallest absolute Gasteiger partial charge is 0.324 e. The highest BCUT2D eigenvalue weighted by atomic mass is 32.1. The van der Waals surface area contributed by atoms with Gasteiger partial charge in [-0.25, -0.2) is 9.78 Å². The van der Waals surface area contributed by atoms with Crippen molar-refractivity contribution in [1.29, 1.82) is 0 Å². The van der Waals surface area contributed by atoms with E-state index in [4.69, 9.17) is 4.98 Å². The predicted octanol–water partition coefficient (Wildman–Crippen LogP) is 3.49. The molecule has 1 aromatic carbocycles. The zero-order chi connectivity index (χ0) is 18.3. The van der Waals surface area contributed by atoms with Crippen LogP contribution in [0.5, 0.6) is 0 Å². The van der Waals surface area contributed by atoms with Gasteiger partial charge in [-0.3, -0.25) is 4.90 Å². The summed E-state index contributed by atoms with van der Waals surface area (Å²) in [6.07, 6.45) is 2.13. The van der Waals surface area contributed by atoms with Crippen molar-refractivity contribution < 1.29 is 4.79 Å². The molecule has 2 aromatic rings. The minimum atomic E-state index is 0.0772. The standard InChI is InChI=1S/C20H26N4OS/c1-14(2)23-10-8-17-18(9-11-23)26-19(21-17)15-4-6-16(7-5-15)24-13-12-22(3)20(24)25/h4-7,14H,8-13H2,1-3H3. The molecular weight excluding hydrogens is 344 g/mol. The number of amides is 2. The molecule has 0 spiro atoms. The maximum Gasteiger partial charge on any atom is 0.324 e. The molecule has 26 heavy (non-hydrogen) atoms. The van der Waals surface area contributed by atoms with Crippen LogP contribution >= 0.6 is 11.3 Å². The summed E-state index contributed by atoms with van der Waals surface area (Å²) in [4.78, 5) is 24.6. The second-order valence-electron chi connectivity index (χ2n) is 7.42. The van der Waals surface area contributed by atoms with Gasteiger partial charge in [-0.1, -0.05) is 0 Å². The number of hydrogen-bond acceptors (Lipinski definition) is 4. The number of aromatic nitrogens is 1. The monoisotopic (exact) mass is 370 g/mol. The van der Waals surface area contributed by atoms with Gasteiger partial charge < -0.3 is 9.80 Å². The number of rotatable bonds is 3. The lowest BCUT2D eigenvalue weighted by Crippen LogP contribution is -2.33. The van der Waals surface area contributed by atoms with Crippen molar-refractivity contribution in [3.63, 3.8) is 0 Å². The van der Waals surface area contributed by atoms with E-state index in [1.54, 1.807) is 4.90 Å². The summed E-state index contributed by atoms with van der Waals surface area (Å²) in [5.41, 5.74) is 3.38. The number of fused-ring (bicyclic) bond motifs is 1. The van der Waals surface area contributed by atoms with Crippen LogP contribution in [0, 0.1) is 0 Å². The quantitative estimate of drug-likeness (QED) is 0.830. The van der Waals surface area contributed by atoms with Crippen molar-refractivity contribution in [3.05, 3.63) is 34.8 Å². The molecule has 0 N–H and O–H groups in total. The van der Waals surface area contributed by atoms with Crippen LogP contribution < -0.4 is 4.90 Å². The van der Waals surface area contributed by atoms with Gasteiger partial charge in [0.1, 0.15) is 5.01 Å². The highest BCUT2D eigenvalue weighted by Gasteiger charge is 2.26. The van der Waals surface area contributed by atoms with Gasteiger partial charge >= 0.3 is 6.03 Å². The number of anilines is 1. The maximum atomic E-state index is 12.1. The first-order valence-corrected chi connectivity index (χ1v) is 10.2. The average Bonchev–Trinajstić information content (AvgIpc) is 3.12. The van der Waals surface area contributed by atoms with E-state index in [0.717, 1.165) is 55.3 Å². The van der Waals surface area contributed by atoms with Gasteiger partial charge in [0.2, 0.25) is 0 Å². The number of thiazole rings is 1. The molecule has 138 valence electrons. The number of urea groups is 1. The van der Waals surface area contributed by atoms with E-state index in [1.807, 2.05) is 35.4 Å². The van der Waals surface area contributed by atoms with Gasteiger partial charge in [0, 0.05) is 61.8 Å². The van der Waals surface area contributed by atoms with Crippen LogP contribution in [0.1, 0.15) is 24.4 Å². The number of benzene rings is 1. The van der Waals surface area contributed by atoms with Crippen molar-refractivity contribution in [1.82, 2.24) is 14.8 Å². The summed E-state index contributed by atoms with van der Waals surface area (Å²) in [6, 6.07) is 8.95. The first-order chi connectivity index (χ1) is 12.5. The third-order valence-corrected chi connectivity index (χ3v) is 6.62. The number of carbonyl (C=O) groups is 1. The molecule has 0 unspecified atom stereocenters. The van der Waals surface area contributed by atoms with Gasteiger partial charge in [-0.2, -0.15) is 0 Å². The zero-order valence-corrected chi connectivity index (χ0v) is 16.6. The summed E-state index contributed by atoms with van der Waals surface area (Å²) >= 11 is 1.83. The summed E-state index contributed by atoms with van der Waals surface area (Å²) in [6.45, 7) is 8.29. The molecule has 1 aromatic heterocycles. The van der Waals surface area contributed by atoms with Gasteiger partial charge in [0.25, 0.3) is 0 Å². The molecule has 1 fully saturated rings. The lowest BCUT2D eigenvalue weighted by Gasteiger charge is -2.23. The normalized spacial score (nSPS) is 18.5. The van der Waals surface area contributed by atoms with Gasteiger partial charge in [0.05, 0.1) is 5.69 Å². The lowest BCUT2D eigenvalue weighted by molar-refractivity contribution is 0.229. The van der Waals surface area contributed by atoms with Crippen molar-refractivity contribution in [3.8, 4) is 10.6 Å². The third-order valence-electron chi connectivity index (χ3n) is 5.41. The van der Waals surface area contributed by atoms with Gasteiger partial charge in [-0.15, -0.1) is 11.3 Å². The minimum Gasteiger partial charge on any atom is -0.326 e. The third kappa shape index (κ3) is 3.23. The number of likely N-dealkylation sites (N-methyl/N-ethyl adjacent to an activating group) is 1. The highest BCUT2D eigenvalue weighted by molar-refractivity contribution is 7.15. The van der Waals surface area contributed by atoms with E-state index in [-0.39, 0.29) is 6.03 Å². The molecule has 0 atom stereocenters. The molecule has 6 heteroatoms. The second-order valence-corrected chi connectivity index (χ2v) is 8.50. The molecular formula is C20H26N4OS. The number of nitrogens with zero attached hydrogens (tertiary/aromatic N) is 4. The topological polar surface area (TPSA) is 39.7 Å². The zero-order valence-electron chi connectivity index (χ0n) is 15.7. The molecule has 0 radical (unpaired) electrons. The van der Waals surface area contributed by atoms with E-state index < -0.39 is 0 Å². The Hall–Kier alpha value is -1.92. The molecule has 2 amide bonds. The van der Waals surface area contributed by atoms with E-state index >= 15 is 0 Å². The first kappa shape index (κ1) is 17.5. The highest BCUT2D eigenvalue weighted by Crippen LogP contribution is 2.32. The molecule has 0 bridgehead atoms. The minimum absolute atomic E-state index is 0.0772. The Morgan fingerprint density at radius 3 is 2.42 bits per heavy atom. The molecule has 1 saturated heterocycles. The number of hydrogen-bond donors (Lipinski definition) is 0. The fourth-order valence-corrected chi connectivity index (χ4v) is 4.79. The van der Waals surface area contributed by atoms with E-state index in [9.17, 15) is 4.79 Å². The van der Waals surface area contributed by atoms with Gasteiger partial charge in [-0.05, 0) is 44.5 Å². The largest absolute Gasteiger partial charge is 0.326 e. The Balaban J connectivity index is 1.51. The van der Waals surface area contributed by atoms with Crippen molar-refractivity contribution in [2.24, 2.45) is 0 Å². The first-order valence-electron chi connectivity index (χ1n) is 9.38. The van der Waals surface area contributed by atoms with E-state index in [2.05, 4.69) is 30.9 Å². The average molecular weight is 371 g/mol. The Bertz CT molecular complexity index is 773. The van der Waals surface area contributed by atoms with Crippen molar-refractivity contribution in [2.75, 3.05) is 38.1 Å². The lowest BCUT2D eigenvalue weighted by atomic mass is 10.2. The van der Waals surface area contributed by atoms with Crippen LogP contribution in [0.4, 0.5) is 10.5 Å². The van der Waals surface area contributed by atoms with E-state index in [0.29, 0.717) is 6.04 Å². The Labute approximate surface area is 159 Å². The van der Waals surface area contributed by atoms with Crippen LogP contribution in [-0.2, 0) is 12.8 Å². The van der Waals surface area contributed by atoms with E-state index in [1.165, 1.54) is 10.6 Å². The van der Waals surface area contributed by atoms with Crippen molar-refractivity contribution in [2.45, 2.75) is 32.7 Å². The molecule has 0 aliphatic carbocycles. The number of carbonyl (C=O) groups excluding carboxylic acids is 1. The molecule has 4 rings (SSSR count). The Kier molecular flexibility index (Phi) is 4.71. The van der Waals surface area contributed by atoms with Crippen LogP contribution in [0.2, 0.25) is 0 Å². The fourth-order valence-electron chi connectivity index (χ4n) is 3.69. The van der Waals surface area contributed by atoms with Crippen molar-refractivity contribution >= 4 is 23.1 Å². The Morgan fingerprint density at radius 2 is 1.77 bits per heavy atom. The molecule has 2 aliphatic heterocycles. The predicted molar refractivity (Wildman–Crippen MR) is 107 cm³/mol. The summed E-state index contributed by atoms with van der Waals surface area (Å²) < 4.78 is 0. The summed E-state index contributed by atoms with van der Waals surface area (Å²) in [5, 5.41) is 1.10. The van der Waals surface area contributed by atoms with Crippen LogP contribution in [0.25, 0.3) is 10.6 Å². The molecule has 5 nitrogen and oxygen atoms in total. The fraction of sp³-hybridized carbons (Fsp3) is 0.500. The maximum absolute atomic E-state index is 12.1. The summed E-state index contributed by atoms with van der Waals surface area (Å²) in [5.74, 6) is 0. The second kappa shape index (κ2) is 7.00. The van der Waals surface area contributed by atoms with Crippen LogP contribution in [0.15, 0.2) is 24.3 Å². The molecule has 0 saturated carbocycles. The van der Waals surface area contributed by atoms with Crippen LogP contribution in [-0.4, -0.2) is 60.1 Å². The SMILES string of the molecule is CC(C)N1CCc2nc(-c3ccc(N4CCN(C)C4=O)cc3)sc2CC1. The Morgan fingerprint density at radius 1 is 1.04 bits per heavy atom.